The molecule has 1 N–H and O–H groups in total. The first-order valence-electron chi connectivity index (χ1n) is 7.29. The summed E-state index contributed by atoms with van der Waals surface area (Å²) in [7, 11) is 0. The lowest BCUT2D eigenvalue weighted by Gasteiger charge is -2.38. The van der Waals surface area contributed by atoms with Crippen LogP contribution in [0.4, 0.5) is 0 Å². The Bertz CT molecular complexity index is 286. The number of hydrogen-bond acceptors (Lipinski definition) is 4. The fourth-order valence-corrected chi connectivity index (χ4v) is 4.66. The van der Waals surface area contributed by atoms with Gasteiger partial charge in [0, 0.05) is 37.0 Å². The Balaban J connectivity index is 1.50. The molecule has 3 fully saturated rings. The second-order valence-corrected chi connectivity index (χ2v) is 7.99. The molecule has 0 aromatic rings. The van der Waals surface area contributed by atoms with Crippen LogP contribution in [0.1, 0.15) is 39.0 Å². The minimum atomic E-state index is 0.0413. The van der Waals surface area contributed by atoms with Crippen LogP contribution in [0.25, 0.3) is 0 Å². The third-order valence-corrected chi connectivity index (χ3v) is 6.16. The lowest BCUT2D eigenvalue weighted by Crippen LogP contribution is -2.49. The maximum atomic E-state index is 5.98. The molecule has 0 aliphatic carbocycles. The average molecular weight is 271 g/mol. The number of hydrogen-bond donors (Lipinski definition) is 1. The van der Waals surface area contributed by atoms with Crippen LogP contribution in [0.2, 0.25) is 0 Å². The molecule has 3 heterocycles. The summed E-state index contributed by atoms with van der Waals surface area (Å²) in [4.78, 5) is 0. The van der Waals surface area contributed by atoms with Crippen molar-refractivity contribution in [1.29, 1.82) is 0 Å². The van der Waals surface area contributed by atoms with Crippen molar-refractivity contribution in [3.63, 3.8) is 0 Å². The largest absolute Gasteiger partial charge is 0.378 e. The molecule has 0 aromatic carbocycles. The van der Waals surface area contributed by atoms with Crippen molar-refractivity contribution in [3.8, 4) is 0 Å². The zero-order valence-corrected chi connectivity index (χ0v) is 12.2. The van der Waals surface area contributed by atoms with E-state index in [9.17, 15) is 0 Å². The van der Waals surface area contributed by atoms with Crippen molar-refractivity contribution in [2.45, 2.75) is 55.4 Å². The molecule has 0 amide bonds. The molecular weight excluding hydrogens is 246 g/mol. The Morgan fingerprint density at radius 1 is 1.33 bits per heavy atom. The monoisotopic (exact) mass is 271 g/mol. The summed E-state index contributed by atoms with van der Waals surface area (Å²) in [6, 6.07) is 0.624. The zero-order chi connectivity index (χ0) is 12.5. The van der Waals surface area contributed by atoms with Gasteiger partial charge >= 0.3 is 0 Å². The van der Waals surface area contributed by atoms with Crippen LogP contribution in [0, 0.1) is 0 Å². The first-order valence-corrected chi connectivity index (χ1v) is 8.28. The minimum absolute atomic E-state index is 0.0413. The molecule has 3 unspecified atom stereocenters. The second kappa shape index (κ2) is 5.31. The van der Waals surface area contributed by atoms with Gasteiger partial charge in [-0.15, -0.1) is 0 Å². The third kappa shape index (κ3) is 2.87. The maximum absolute atomic E-state index is 5.98. The van der Waals surface area contributed by atoms with Crippen LogP contribution in [-0.4, -0.2) is 48.5 Å². The van der Waals surface area contributed by atoms with Gasteiger partial charge in [-0.05, 0) is 38.4 Å². The van der Waals surface area contributed by atoms with Crippen LogP contribution >= 0.6 is 11.8 Å². The van der Waals surface area contributed by atoms with E-state index in [1.807, 2.05) is 0 Å². The average Bonchev–Trinajstić information content (AvgIpc) is 2.98. The second-order valence-electron chi connectivity index (χ2n) is 6.31. The molecule has 3 aliphatic heterocycles. The van der Waals surface area contributed by atoms with Gasteiger partial charge < -0.3 is 14.8 Å². The summed E-state index contributed by atoms with van der Waals surface area (Å²) in [6.45, 7) is 6.13. The Morgan fingerprint density at radius 2 is 2.28 bits per heavy atom. The van der Waals surface area contributed by atoms with E-state index >= 15 is 0 Å². The van der Waals surface area contributed by atoms with Gasteiger partial charge in [0.15, 0.2) is 0 Å². The Hall–Kier alpha value is 0.230. The Labute approximate surface area is 114 Å². The van der Waals surface area contributed by atoms with Crippen LogP contribution < -0.4 is 5.32 Å². The van der Waals surface area contributed by atoms with E-state index in [2.05, 4.69) is 24.0 Å². The molecule has 3 aliphatic rings. The quantitative estimate of drug-likeness (QED) is 0.852. The Kier molecular flexibility index (Phi) is 3.90. The van der Waals surface area contributed by atoms with Crippen molar-refractivity contribution < 1.29 is 9.47 Å². The van der Waals surface area contributed by atoms with Crippen molar-refractivity contribution >= 4 is 11.8 Å². The number of rotatable bonds is 3. The van der Waals surface area contributed by atoms with E-state index in [1.54, 1.807) is 0 Å². The topological polar surface area (TPSA) is 30.5 Å². The summed E-state index contributed by atoms with van der Waals surface area (Å²) in [5.74, 6) is 1.34. The van der Waals surface area contributed by atoms with Gasteiger partial charge in [-0.1, -0.05) is 0 Å². The SMILES string of the molecule is CC1(CNC2CCOC3(CCOC3)C2)CCCS1. The number of thioether (sulfide) groups is 1. The molecule has 0 radical (unpaired) electrons. The molecule has 0 saturated carbocycles. The number of nitrogens with one attached hydrogen (secondary N) is 1. The lowest BCUT2D eigenvalue weighted by atomic mass is 9.89. The highest BCUT2D eigenvalue weighted by molar-refractivity contribution is 8.00. The third-order valence-electron chi connectivity index (χ3n) is 4.63. The molecule has 0 aromatic heterocycles. The highest BCUT2D eigenvalue weighted by atomic mass is 32.2. The lowest BCUT2D eigenvalue weighted by molar-refractivity contribution is -0.0893. The van der Waals surface area contributed by atoms with E-state index in [1.165, 1.54) is 18.6 Å². The maximum Gasteiger partial charge on any atom is 0.0951 e. The van der Waals surface area contributed by atoms with Gasteiger partial charge in [0.05, 0.1) is 12.2 Å². The zero-order valence-electron chi connectivity index (χ0n) is 11.4. The Morgan fingerprint density at radius 3 is 3.00 bits per heavy atom. The molecule has 3 saturated heterocycles. The van der Waals surface area contributed by atoms with Crippen molar-refractivity contribution in [3.05, 3.63) is 0 Å². The van der Waals surface area contributed by atoms with Gasteiger partial charge in [-0.25, -0.2) is 0 Å². The fraction of sp³-hybridized carbons (Fsp3) is 1.00. The van der Waals surface area contributed by atoms with E-state index in [-0.39, 0.29) is 5.60 Å². The van der Waals surface area contributed by atoms with Crippen molar-refractivity contribution in [2.24, 2.45) is 0 Å². The summed E-state index contributed by atoms with van der Waals surface area (Å²) in [5.41, 5.74) is 0.0413. The summed E-state index contributed by atoms with van der Waals surface area (Å²) in [5, 5.41) is 3.80. The van der Waals surface area contributed by atoms with Gasteiger partial charge in [0.1, 0.15) is 0 Å². The molecule has 3 rings (SSSR count). The summed E-state index contributed by atoms with van der Waals surface area (Å²) in [6.07, 6.45) is 6.12. The van der Waals surface area contributed by atoms with Crippen LogP contribution in [0.15, 0.2) is 0 Å². The molecule has 3 nitrogen and oxygen atoms in total. The highest BCUT2D eigenvalue weighted by Crippen LogP contribution is 2.38. The summed E-state index contributed by atoms with van der Waals surface area (Å²) >= 11 is 2.14. The molecule has 18 heavy (non-hydrogen) atoms. The standard InChI is InChI=1S/C14H25NO2S/c1-13(4-2-8-18-13)10-15-12-3-6-17-14(9-12)5-7-16-11-14/h12,15H,2-11H2,1H3. The van der Waals surface area contributed by atoms with Crippen molar-refractivity contribution in [1.82, 2.24) is 5.32 Å². The molecular formula is C14H25NO2S. The number of ether oxygens (including phenoxy) is 2. The van der Waals surface area contributed by atoms with Crippen LogP contribution in [0.5, 0.6) is 0 Å². The van der Waals surface area contributed by atoms with E-state index in [4.69, 9.17) is 9.47 Å². The smallest absolute Gasteiger partial charge is 0.0951 e. The van der Waals surface area contributed by atoms with Crippen LogP contribution in [-0.2, 0) is 9.47 Å². The van der Waals surface area contributed by atoms with E-state index < -0.39 is 0 Å². The van der Waals surface area contributed by atoms with Gasteiger partial charge in [-0.2, -0.15) is 11.8 Å². The predicted octanol–water partition coefficient (Wildman–Crippen LogP) is 2.20. The van der Waals surface area contributed by atoms with Gasteiger partial charge in [0.2, 0.25) is 0 Å². The fourth-order valence-electron chi connectivity index (χ4n) is 3.40. The highest BCUT2D eigenvalue weighted by Gasteiger charge is 2.41. The van der Waals surface area contributed by atoms with Gasteiger partial charge in [-0.3, -0.25) is 0 Å². The van der Waals surface area contributed by atoms with Gasteiger partial charge in [0.25, 0.3) is 0 Å². The molecule has 4 heteroatoms. The van der Waals surface area contributed by atoms with E-state index in [0.29, 0.717) is 10.8 Å². The minimum Gasteiger partial charge on any atom is -0.378 e. The van der Waals surface area contributed by atoms with E-state index in [0.717, 1.165) is 45.6 Å². The summed E-state index contributed by atoms with van der Waals surface area (Å²) < 4.78 is 12.0. The molecule has 104 valence electrons. The first-order chi connectivity index (χ1) is 8.70. The predicted molar refractivity (Wildman–Crippen MR) is 75.2 cm³/mol. The molecule has 0 bridgehead atoms. The van der Waals surface area contributed by atoms with Crippen molar-refractivity contribution in [2.75, 3.05) is 32.1 Å². The normalized spacial score (nSPS) is 44.8. The first kappa shape index (κ1) is 13.2. The molecule has 1 spiro atoms. The molecule has 3 atom stereocenters. The van der Waals surface area contributed by atoms with Crippen LogP contribution in [0.3, 0.4) is 0 Å².